The van der Waals surface area contributed by atoms with Crippen LogP contribution in [0, 0.1) is 5.82 Å². The van der Waals surface area contributed by atoms with Gasteiger partial charge in [0.1, 0.15) is 12.6 Å². The first kappa shape index (κ1) is 24.9. The third kappa shape index (κ3) is 8.72. The van der Waals surface area contributed by atoms with Gasteiger partial charge in [-0.2, -0.15) is 16.5 Å². The molecule has 0 saturated carbocycles. The second kappa shape index (κ2) is 12.5. The Labute approximate surface area is 187 Å². The van der Waals surface area contributed by atoms with Crippen molar-refractivity contribution in [1.82, 2.24) is 9.62 Å². The van der Waals surface area contributed by atoms with E-state index >= 15 is 0 Å². The van der Waals surface area contributed by atoms with Crippen molar-refractivity contribution < 1.29 is 22.3 Å². The molecule has 2 aromatic rings. The molecule has 0 bridgehead atoms. The van der Waals surface area contributed by atoms with Crippen LogP contribution in [0.25, 0.3) is 6.08 Å². The number of halogens is 1. The topological polar surface area (TPSA) is 75.7 Å². The Balaban J connectivity index is 1.98. The molecule has 1 amide bonds. The number of carbonyl (C=O) groups is 1. The van der Waals surface area contributed by atoms with Gasteiger partial charge in [0.25, 0.3) is 0 Å². The van der Waals surface area contributed by atoms with E-state index in [1.165, 1.54) is 34.9 Å². The number of nitrogens with one attached hydrogen (secondary N) is 1. The largest absolute Gasteiger partial charge is 0.489 e. The Hall–Kier alpha value is -2.36. The number of carbonyl (C=O) groups excluding carboxylic acids is 1. The van der Waals surface area contributed by atoms with Crippen LogP contribution in [-0.2, 0) is 14.8 Å². The zero-order valence-corrected chi connectivity index (χ0v) is 19.2. The van der Waals surface area contributed by atoms with Gasteiger partial charge in [-0.3, -0.25) is 4.79 Å². The molecule has 0 aliphatic carbocycles. The highest BCUT2D eigenvalue weighted by Crippen LogP contribution is 2.15. The lowest BCUT2D eigenvalue weighted by atomic mass is 10.2. The number of benzene rings is 2. The number of nitrogens with zero attached hydrogens (tertiary/aromatic N) is 1. The SMILES string of the molecule is CSCCC(NS(=O)(=O)/C=C/c1ccccc1)C(=O)N(C)CCOc1ccccc1F. The molecule has 0 aliphatic rings. The maximum atomic E-state index is 13.6. The lowest BCUT2D eigenvalue weighted by Gasteiger charge is -2.24. The van der Waals surface area contributed by atoms with E-state index in [-0.39, 0.29) is 24.8 Å². The molecule has 0 aromatic heterocycles. The van der Waals surface area contributed by atoms with Crippen molar-refractivity contribution in [3.8, 4) is 5.75 Å². The minimum atomic E-state index is -3.83. The zero-order chi connectivity index (χ0) is 22.7. The number of rotatable bonds is 12. The number of hydrogen-bond donors (Lipinski definition) is 1. The summed E-state index contributed by atoms with van der Waals surface area (Å²) in [5, 5.41) is 1.06. The molecule has 2 aromatic carbocycles. The van der Waals surface area contributed by atoms with Gasteiger partial charge >= 0.3 is 0 Å². The van der Waals surface area contributed by atoms with E-state index in [9.17, 15) is 17.6 Å². The van der Waals surface area contributed by atoms with Gasteiger partial charge in [0, 0.05) is 12.5 Å². The summed E-state index contributed by atoms with van der Waals surface area (Å²) < 4.78 is 46.5. The van der Waals surface area contributed by atoms with Gasteiger partial charge in [-0.05, 0) is 42.2 Å². The Kier molecular flexibility index (Phi) is 10.0. The number of ether oxygens (including phenoxy) is 1. The van der Waals surface area contributed by atoms with Gasteiger partial charge in [0.15, 0.2) is 11.6 Å². The quantitative estimate of drug-likeness (QED) is 0.519. The molecule has 0 heterocycles. The monoisotopic (exact) mass is 466 g/mol. The van der Waals surface area contributed by atoms with Crippen LogP contribution >= 0.6 is 11.8 Å². The summed E-state index contributed by atoms with van der Waals surface area (Å²) in [5.74, 6) is -0.134. The predicted molar refractivity (Wildman–Crippen MR) is 124 cm³/mol. The standard InChI is InChI=1S/C22H27FN2O4S2/c1-25(14-15-29-21-11-7-6-10-19(21)23)22(26)20(12-16-30-2)24-31(27,28)17-13-18-8-4-3-5-9-18/h3-11,13,17,20,24H,12,14-16H2,1-2H3/b17-13+. The fraction of sp³-hybridized carbons (Fsp3) is 0.318. The minimum absolute atomic E-state index is 0.0824. The van der Waals surface area contributed by atoms with E-state index < -0.39 is 21.9 Å². The second-order valence-corrected chi connectivity index (χ2v) is 9.33. The van der Waals surface area contributed by atoms with Gasteiger partial charge in [-0.25, -0.2) is 12.8 Å². The Morgan fingerprint density at radius 1 is 1.19 bits per heavy atom. The normalized spacial score (nSPS) is 12.6. The van der Waals surface area contributed by atoms with E-state index in [0.29, 0.717) is 12.2 Å². The molecule has 6 nitrogen and oxygen atoms in total. The third-order valence-corrected chi connectivity index (χ3v) is 6.10. The maximum Gasteiger partial charge on any atom is 0.240 e. The number of likely N-dealkylation sites (N-methyl/N-ethyl adjacent to an activating group) is 1. The Morgan fingerprint density at radius 2 is 1.87 bits per heavy atom. The molecule has 0 radical (unpaired) electrons. The van der Waals surface area contributed by atoms with E-state index in [4.69, 9.17) is 4.74 Å². The molecule has 1 atom stereocenters. The number of para-hydroxylation sites is 1. The van der Waals surface area contributed by atoms with Crippen molar-refractivity contribution in [2.45, 2.75) is 12.5 Å². The van der Waals surface area contributed by atoms with Crippen molar-refractivity contribution in [1.29, 1.82) is 0 Å². The summed E-state index contributed by atoms with van der Waals surface area (Å²) in [5.41, 5.74) is 0.738. The fourth-order valence-corrected chi connectivity index (χ4v) is 4.17. The maximum absolute atomic E-state index is 13.6. The summed E-state index contributed by atoms with van der Waals surface area (Å²) >= 11 is 1.52. The van der Waals surface area contributed by atoms with Crippen LogP contribution in [0.2, 0.25) is 0 Å². The summed E-state index contributed by atoms with van der Waals surface area (Å²) in [4.78, 5) is 14.2. The average Bonchev–Trinajstić information content (AvgIpc) is 2.76. The summed E-state index contributed by atoms with van der Waals surface area (Å²) in [7, 11) is -2.26. The molecule has 168 valence electrons. The number of amides is 1. The number of thioether (sulfide) groups is 1. The number of sulfonamides is 1. The molecule has 31 heavy (non-hydrogen) atoms. The van der Waals surface area contributed by atoms with Crippen LogP contribution in [-0.4, -0.2) is 57.5 Å². The van der Waals surface area contributed by atoms with Crippen LogP contribution in [0.15, 0.2) is 60.0 Å². The molecular weight excluding hydrogens is 439 g/mol. The van der Waals surface area contributed by atoms with Gasteiger partial charge in [0.05, 0.1) is 6.54 Å². The van der Waals surface area contributed by atoms with Crippen LogP contribution in [0.4, 0.5) is 4.39 Å². The van der Waals surface area contributed by atoms with E-state index in [1.54, 1.807) is 31.3 Å². The fourth-order valence-electron chi connectivity index (χ4n) is 2.67. The summed E-state index contributed by atoms with van der Waals surface area (Å²) in [6, 6.07) is 14.1. The van der Waals surface area contributed by atoms with Crippen LogP contribution in [0.1, 0.15) is 12.0 Å². The van der Waals surface area contributed by atoms with Gasteiger partial charge in [0.2, 0.25) is 15.9 Å². The van der Waals surface area contributed by atoms with Crippen molar-refractivity contribution >= 4 is 33.8 Å². The Bertz CT molecular complexity index is 968. The smallest absolute Gasteiger partial charge is 0.240 e. The van der Waals surface area contributed by atoms with Crippen molar-refractivity contribution in [3.05, 3.63) is 71.4 Å². The zero-order valence-electron chi connectivity index (χ0n) is 17.5. The van der Waals surface area contributed by atoms with E-state index in [0.717, 1.165) is 11.0 Å². The van der Waals surface area contributed by atoms with Crippen molar-refractivity contribution in [3.63, 3.8) is 0 Å². The molecule has 9 heteroatoms. The molecule has 0 fully saturated rings. The van der Waals surface area contributed by atoms with Gasteiger partial charge in [-0.15, -0.1) is 0 Å². The van der Waals surface area contributed by atoms with E-state index in [1.807, 2.05) is 24.5 Å². The predicted octanol–water partition coefficient (Wildman–Crippen LogP) is 3.37. The summed E-state index contributed by atoms with van der Waals surface area (Å²) in [6.07, 6.45) is 3.71. The highest BCUT2D eigenvalue weighted by atomic mass is 32.2. The first-order valence-electron chi connectivity index (χ1n) is 9.69. The highest BCUT2D eigenvalue weighted by Gasteiger charge is 2.25. The molecule has 2 rings (SSSR count). The molecule has 0 spiro atoms. The summed E-state index contributed by atoms with van der Waals surface area (Å²) in [6.45, 7) is 0.267. The van der Waals surface area contributed by atoms with Crippen LogP contribution in [0.5, 0.6) is 5.75 Å². The molecule has 0 saturated heterocycles. The van der Waals surface area contributed by atoms with Crippen molar-refractivity contribution in [2.24, 2.45) is 0 Å². The molecule has 0 aliphatic heterocycles. The first-order valence-corrected chi connectivity index (χ1v) is 12.6. The molecular formula is C22H27FN2O4S2. The van der Waals surface area contributed by atoms with Crippen LogP contribution in [0.3, 0.4) is 0 Å². The van der Waals surface area contributed by atoms with Gasteiger partial charge < -0.3 is 9.64 Å². The minimum Gasteiger partial charge on any atom is -0.489 e. The van der Waals surface area contributed by atoms with Gasteiger partial charge in [-0.1, -0.05) is 42.5 Å². The van der Waals surface area contributed by atoms with E-state index in [2.05, 4.69) is 4.72 Å². The average molecular weight is 467 g/mol. The van der Waals surface area contributed by atoms with Crippen molar-refractivity contribution in [2.75, 3.05) is 32.2 Å². The molecule has 1 N–H and O–H groups in total. The highest BCUT2D eigenvalue weighted by molar-refractivity contribution is 7.98. The second-order valence-electron chi connectivity index (χ2n) is 6.75. The van der Waals surface area contributed by atoms with Crippen LogP contribution < -0.4 is 9.46 Å². The Morgan fingerprint density at radius 3 is 2.55 bits per heavy atom. The lowest BCUT2D eigenvalue weighted by Crippen LogP contribution is -2.48. The first-order chi connectivity index (χ1) is 14.8. The molecule has 1 unspecified atom stereocenters. The third-order valence-electron chi connectivity index (χ3n) is 4.35. The number of hydrogen-bond acceptors (Lipinski definition) is 5. The lowest BCUT2D eigenvalue weighted by molar-refractivity contribution is -0.132.